The standard InChI is InChI=1S/C16H19N3O3/c1-10(2)15-18-16(22-19-15)11-3-7-13(8-4-11)21-9-14(20)17-12-5-6-12/h3-4,7-8,10,12H,5-6,9H2,1-2H3,(H,17,20). The van der Waals surface area contributed by atoms with Gasteiger partial charge in [-0.05, 0) is 37.1 Å². The predicted molar refractivity (Wildman–Crippen MR) is 80.5 cm³/mol. The van der Waals surface area contributed by atoms with E-state index in [0.29, 0.717) is 23.5 Å². The van der Waals surface area contributed by atoms with Crippen LogP contribution in [0.1, 0.15) is 38.4 Å². The molecule has 22 heavy (non-hydrogen) atoms. The average Bonchev–Trinajstić information content (AvgIpc) is 3.17. The lowest BCUT2D eigenvalue weighted by Gasteiger charge is -2.06. The quantitative estimate of drug-likeness (QED) is 0.887. The molecule has 6 heteroatoms. The van der Waals surface area contributed by atoms with E-state index in [2.05, 4.69) is 15.5 Å². The van der Waals surface area contributed by atoms with E-state index in [1.807, 2.05) is 26.0 Å². The zero-order chi connectivity index (χ0) is 15.5. The number of ether oxygens (including phenoxy) is 1. The van der Waals surface area contributed by atoms with Gasteiger partial charge in [0, 0.05) is 17.5 Å². The summed E-state index contributed by atoms with van der Waals surface area (Å²) < 4.78 is 10.7. The molecule has 1 saturated carbocycles. The molecular formula is C16H19N3O3. The molecule has 1 aromatic heterocycles. The lowest BCUT2D eigenvalue weighted by Crippen LogP contribution is -2.30. The largest absolute Gasteiger partial charge is 0.484 e. The van der Waals surface area contributed by atoms with Gasteiger partial charge in [-0.2, -0.15) is 4.98 Å². The molecule has 0 spiro atoms. The van der Waals surface area contributed by atoms with Crippen LogP contribution in [-0.4, -0.2) is 28.7 Å². The zero-order valence-electron chi connectivity index (χ0n) is 12.7. The molecule has 6 nitrogen and oxygen atoms in total. The zero-order valence-corrected chi connectivity index (χ0v) is 12.7. The van der Waals surface area contributed by atoms with Crippen molar-refractivity contribution in [2.45, 2.75) is 38.6 Å². The van der Waals surface area contributed by atoms with Gasteiger partial charge in [-0.25, -0.2) is 0 Å². The highest BCUT2D eigenvalue weighted by Crippen LogP contribution is 2.23. The maximum atomic E-state index is 11.6. The number of hydrogen-bond acceptors (Lipinski definition) is 5. The third kappa shape index (κ3) is 3.63. The SMILES string of the molecule is CC(C)c1noc(-c2ccc(OCC(=O)NC3CC3)cc2)n1. The van der Waals surface area contributed by atoms with Gasteiger partial charge in [0.1, 0.15) is 5.75 Å². The highest BCUT2D eigenvalue weighted by atomic mass is 16.5. The molecule has 1 N–H and O–H groups in total. The number of carbonyl (C=O) groups is 1. The average molecular weight is 301 g/mol. The molecule has 1 aromatic carbocycles. The van der Waals surface area contributed by atoms with Gasteiger partial charge in [-0.15, -0.1) is 0 Å². The van der Waals surface area contributed by atoms with Crippen LogP contribution in [0.3, 0.4) is 0 Å². The molecule has 0 bridgehead atoms. The van der Waals surface area contributed by atoms with Crippen molar-refractivity contribution >= 4 is 5.91 Å². The fourth-order valence-corrected chi connectivity index (χ4v) is 1.93. The Labute approximate surface area is 128 Å². The molecule has 0 unspecified atom stereocenters. The van der Waals surface area contributed by atoms with E-state index in [9.17, 15) is 4.79 Å². The van der Waals surface area contributed by atoms with Crippen molar-refractivity contribution in [3.05, 3.63) is 30.1 Å². The van der Waals surface area contributed by atoms with Crippen LogP contribution in [0.25, 0.3) is 11.5 Å². The molecule has 116 valence electrons. The Morgan fingerprint density at radius 1 is 1.36 bits per heavy atom. The van der Waals surface area contributed by atoms with Crippen LogP contribution in [0.15, 0.2) is 28.8 Å². The van der Waals surface area contributed by atoms with Crippen LogP contribution in [0, 0.1) is 0 Å². The first-order valence-corrected chi connectivity index (χ1v) is 7.48. The van der Waals surface area contributed by atoms with Gasteiger partial charge in [-0.3, -0.25) is 4.79 Å². The minimum Gasteiger partial charge on any atom is -0.484 e. The topological polar surface area (TPSA) is 77.2 Å². The number of nitrogens with zero attached hydrogens (tertiary/aromatic N) is 2. The van der Waals surface area contributed by atoms with Gasteiger partial charge in [0.2, 0.25) is 0 Å². The van der Waals surface area contributed by atoms with Crippen LogP contribution in [0.4, 0.5) is 0 Å². The number of benzene rings is 1. The first-order valence-electron chi connectivity index (χ1n) is 7.48. The second kappa shape index (κ2) is 6.17. The van der Waals surface area contributed by atoms with Crippen molar-refractivity contribution in [2.75, 3.05) is 6.61 Å². The molecule has 1 aliphatic carbocycles. The van der Waals surface area contributed by atoms with E-state index in [-0.39, 0.29) is 18.4 Å². The van der Waals surface area contributed by atoms with Crippen molar-refractivity contribution in [1.82, 2.24) is 15.5 Å². The summed E-state index contributed by atoms with van der Waals surface area (Å²) in [7, 11) is 0. The molecule has 1 heterocycles. The Bertz CT molecular complexity index is 645. The molecule has 1 aliphatic rings. The monoisotopic (exact) mass is 301 g/mol. The number of carbonyl (C=O) groups excluding carboxylic acids is 1. The van der Waals surface area contributed by atoms with Gasteiger partial charge in [-0.1, -0.05) is 19.0 Å². The van der Waals surface area contributed by atoms with Crippen LogP contribution >= 0.6 is 0 Å². The number of nitrogens with one attached hydrogen (secondary N) is 1. The number of aromatic nitrogens is 2. The highest BCUT2D eigenvalue weighted by molar-refractivity contribution is 5.78. The van der Waals surface area contributed by atoms with E-state index >= 15 is 0 Å². The fraction of sp³-hybridized carbons (Fsp3) is 0.438. The maximum absolute atomic E-state index is 11.6. The Kier molecular flexibility index (Phi) is 4.09. The molecule has 2 aromatic rings. The predicted octanol–water partition coefficient (Wildman–Crippen LogP) is 2.52. The summed E-state index contributed by atoms with van der Waals surface area (Å²) in [4.78, 5) is 15.9. The second-order valence-corrected chi connectivity index (χ2v) is 5.77. The van der Waals surface area contributed by atoms with Crippen molar-refractivity contribution in [2.24, 2.45) is 0 Å². The summed E-state index contributed by atoms with van der Waals surface area (Å²) in [6.07, 6.45) is 2.14. The van der Waals surface area contributed by atoms with Crippen molar-refractivity contribution in [3.8, 4) is 17.2 Å². The molecule has 1 amide bonds. The van der Waals surface area contributed by atoms with Crippen LogP contribution < -0.4 is 10.1 Å². The minimum atomic E-state index is -0.0787. The Morgan fingerprint density at radius 2 is 2.09 bits per heavy atom. The molecule has 0 atom stereocenters. The molecule has 3 rings (SSSR count). The minimum absolute atomic E-state index is 0.0356. The van der Waals surface area contributed by atoms with Crippen LogP contribution in [0.5, 0.6) is 5.75 Å². The molecule has 0 saturated heterocycles. The van der Waals surface area contributed by atoms with E-state index in [4.69, 9.17) is 9.26 Å². The van der Waals surface area contributed by atoms with E-state index in [1.54, 1.807) is 12.1 Å². The summed E-state index contributed by atoms with van der Waals surface area (Å²) in [6, 6.07) is 7.61. The van der Waals surface area contributed by atoms with Gasteiger partial charge >= 0.3 is 0 Å². The number of hydrogen-bond donors (Lipinski definition) is 1. The summed E-state index contributed by atoms with van der Waals surface area (Å²) in [5, 5.41) is 6.81. The van der Waals surface area contributed by atoms with Gasteiger partial charge < -0.3 is 14.6 Å². The Balaban J connectivity index is 1.58. The van der Waals surface area contributed by atoms with E-state index in [1.165, 1.54) is 0 Å². The summed E-state index contributed by atoms with van der Waals surface area (Å²) >= 11 is 0. The van der Waals surface area contributed by atoms with Gasteiger partial charge in [0.25, 0.3) is 11.8 Å². The first-order chi connectivity index (χ1) is 10.6. The van der Waals surface area contributed by atoms with E-state index < -0.39 is 0 Å². The van der Waals surface area contributed by atoms with Gasteiger partial charge in [0.05, 0.1) is 0 Å². The lowest BCUT2D eigenvalue weighted by atomic mass is 10.2. The third-order valence-corrected chi connectivity index (χ3v) is 3.37. The normalized spacial score (nSPS) is 14.1. The maximum Gasteiger partial charge on any atom is 0.258 e. The van der Waals surface area contributed by atoms with Crippen molar-refractivity contribution in [3.63, 3.8) is 0 Å². The lowest BCUT2D eigenvalue weighted by molar-refractivity contribution is -0.123. The van der Waals surface area contributed by atoms with Crippen molar-refractivity contribution < 1.29 is 14.1 Å². The molecular weight excluding hydrogens is 282 g/mol. The molecule has 1 fully saturated rings. The fourth-order valence-electron chi connectivity index (χ4n) is 1.93. The van der Waals surface area contributed by atoms with Crippen LogP contribution in [0.2, 0.25) is 0 Å². The summed E-state index contributed by atoms with van der Waals surface area (Å²) in [5.41, 5.74) is 0.828. The number of amides is 1. The van der Waals surface area contributed by atoms with Crippen LogP contribution in [-0.2, 0) is 4.79 Å². The van der Waals surface area contributed by atoms with Crippen molar-refractivity contribution in [1.29, 1.82) is 0 Å². The van der Waals surface area contributed by atoms with Gasteiger partial charge in [0.15, 0.2) is 12.4 Å². The Hall–Kier alpha value is -2.37. The second-order valence-electron chi connectivity index (χ2n) is 5.77. The summed E-state index contributed by atoms with van der Waals surface area (Å²) in [6.45, 7) is 4.06. The first kappa shape index (κ1) is 14.6. The molecule has 0 radical (unpaired) electrons. The highest BCUT2D eigenvalue weighted by Gasteiger charge is 2.23. The molecule has 0 aliphatic heterocycles. The Morgan fingerprint density at radius 3 is 2.68 bits per heavy atom. The number of rotatable bonds is 6. The third-order valence-electron chi connectivity index (χ3n) is 3.37. The summed E-state index contributed by atoms with van der Waals surface area (Å²) in [5.74, 6) is 1.96. The van der Waals surface area contributed by atoms with E-state index in [0.717, 1.165) is 18.4 Å². The smallest absolute Gasteiger partial charge is 0.258 e.